The lowest BCUT2D eigenvalue weighted by atomic mass is 10.2. The van der Waals surface area contributed by atoms with Crippen molar-refractivity contribution < 1.29 is 23.4 Å². The number of para-hydroxylation sites is 1. The van der Waals surface area contributed by atoms with Gasteiger partial charge in [0, 0.05) is 11.3 Å². The molecule has 9 heteroatoms. The maximum absolute atomic E-state index is 12.6. The molecular formula is C24H29N3O5S. The van der Waals surface area contributed by atoms with Crippen LogP contribution in [0.4, 0.5) is 5.69 Å². The van der Waals surface area contributed by atoms with Crippen molar-refractivity contribution >= 4 is 23.4 Å². The van der Waals surface area contributed by atoms with Gasteiger partial charge in [0.15, 0.2) is 11.5 Å². The van der Waals surface area contributed by atoms with Gasteiger partial charge in [-0.2, -0.15) is 0 Å². The highest BCUT2D eigenvalue weighted by atomic mass is 32.2. The molecule has 0 saturated carbocycles. The number of ether oxygens (including phenoxy) is 3. The molecule has 0 saturated heterocycles. The standard InChI is InChI=1S/C24H29N3O5S/c1-6-29-19-13-17(14-20(30-7-2)21(19)31-8-3)23-26-27-24(32-23)33-16(5)22(28)25-18-12-10-9-11-15(18)4/h9-14,16H,6-8H2,1-5H3,(H,25,28). The number of nitrogens with one attached hydrogen (secondary N) is 1. The molecule has 1 unspecified atom stereocenters. The molecule has 0 aliphatic heterocycles. The Bertz CT molecular complexity index is 1060. The zero-order valence-electron chi connectivity index (χ0n) is 19.5. The summed E-state index contributed by atoms with van der Waals surface area (Å²) in [5, 5.41) is 11.0. The van der Waals surface area contributed by atoms with Crippen molar-refractivity contribution in [3.63, 3.8) is 0 Å². The van der Waals surface area contributed by atoms with E-state index in [9.17, 15) is 4.79 Å². The minimum absolute atomic E-state index is 0.146. The van der Waals surface area contributed by atoms with E-state index in [2.05, 4.69) is 15.5 Å². The van der Waals surface area contributed by atoms with Crippen molar-refractivity contribution in [3.05, 3.63) is 42.0 Å². The fraction of sp³-hybridized carbons (Fsp3) is 0.375. The van der Waals surface area contributed by atoms with Gasteiger partial charge in [0.2, 0.25) is 17.5 Å². The molecule has 0 spiro atoms. The van der Waals surface area contributed by atoms with Gasteiger partial charge in [-0.05, 0) is 58.4 Å². The third kappa shape index (κ3) is 6.19. The Labute approximate surface area is 198 Å². The van der Waals surface area contributed by atoms with Gasteiger partial charge in [0.1, 0.15) is 0 Å². The first-order valence-electron chi connectivity index (χ1n) is 10.9. The molecule has 1 heterocycles. The van der Waals surface area contributed by atoms with Crippen LogP contribution < -0.4 is 19.5 Å². The van der Waals surface area contributed by atoms with Crippen LogP contribution in [-0.4, -0.2) is 41.2 Å². The summed E-state index contributed by atoms with van der Waals surface area (Å²) in [4.78, 5) is 12.6. The highest BCUT2D eigenvalue weighted by Gasteiger charge is 2.22. The lowest BCUT2D eigenvalue weighted by Gasteiger charge is -2.16. The highest BCUT2D eigenvalue weighted by Crippen LogP contribution is 2.42. The Hall–Kier alpha value is -3.20. The summed E-state index contributed by atoms with van der Waals surface area (Å²) in [5.74, 6) is 1.78. The number of aromatic nitrogens is 2. The zero-order chi connectivity index (χ0) is 23.8. The molecule has 0 aliphatic carbocycles. The van der Waals surface area contributed by atoms with Crippen LogP contribution in [0.25, 0.3) is 11.5 Å². The van der Waals surface area contributed by atoms with Crippen LogP contribution in [0.3, 0.4) is 0 Å². The molecule has 1 amide bonds. The van der Waals surface area contributed by atoms with Crippen molar-refractivity contribution in [2.75, 3.05) is 25.1 Å². The summed E-state index contributed by atoms with van der Waals surface area (Å²) < 4.78 is 23.1. The first-order chi connectivity index (χ1) is 16.0. The van der Waals surface area contributed by atoms with E-state index in [0.717, 1.165) is 11.3 Å². The Morgan fingerprint density at radius 1 is 1.03 bits per heavy atom. The van der Waals surface area contributed by atoms with Crippen molar-refractivity contribution in [2.45, 2.75) is 45.1 Å². The summed E-state index contributed by atoms with van der Waals surface area (Å²) >= 11 is 1.19. The summed E-state index contributed by atoms with van der Waals surface area (Å²) in [6.07, 6.45) is 0. The molecule has 33 heavy (non-hydrogen) atoms. The highest BCUT2D eigenvalue weighted by molar-refractivity contribution is 8.00. The summed E-state index contributed by atoms with van der Waals surface area (Å²) in [7, 11) is 0. The fourth-order valence-corrected chi connectivity index (χ4v) is 3.72. The molecule has 3 rings (SSSR count). The number of aryl methyl sites for hydroxylation is 1. The van der Waals surface area contributed by atoms with Crippen LogP contribution in [-0.2, 0) is 4.79 Å². The molecule has 0 radical (unpaired) electrons. The van der Waals surface area contributed by atoms with Crippen molar-refractivity contribution in [2.24, 2.45) is 0 Å². The van der Waals surface area contributed by atoms with Crippen LogP contribution >= 0.6 is 11.8 Å². The number of thioether (sulfide) groups is 1. The topological polar surface area (TPSA) is 95.7 Å². The molecular weight excluding hydrogens is 442 g/mol. The van der Waals surface area contributed by atoms with E-state index in [-0.39, 0.29) is 5.91 Å². The first-order valence-corrected chi connectivity index (χ1v) is 11.8. The number of nitrogens with zero attached hydrogens (tertiary/aromatic N) is 2. The number of hydrogen-bond donors (Lipinski definition) is 1. The Morgan fingerprint density at radius 3 is 2.27 bits per heavy atom. The van der Waals surface area contributed by atoms with Gasteiger partial charge >= 0.3 is 0 Å². The van der Waals surface area contributed by atoms with E-state index >= 15 is 0 Å². The molecule has 1 atom stereocenters. The molecule has 8 nitrogen and oxygen atoms in total. The van der Waals surface area contributed by atoms with E-state index in [1.54, 1.807) is 19.1 Å². The second-order valence-corrected chi connectivity index (χ2v) is 8.33. The van der Waals surface area contributed by atoms with Crippen LogP contribution in [0, 0.1) is 6.92 Å². The minimum atomic E-state index is -0.434. The van der Waals surface area contributed by atoms with Crippen LogP contribution in [0.1, 0.15) is 33.3 Å². The SMILES string of the molecule is CCOc1cc(-c2nnc(SC(C)C(=O)Nc3ccccc3C)o2)cc(OCC)c1OCC. The summed E-state index contributed by atoms with van der Waals surface area (Å²) in [6.45, 7) is 10.8. The van der Waals surface area contributed by atoms with E-state index in [4.69, 9.17) is 18.6 Å². The van der Waals surface area contributed by atoms with Crippen molar-refractivity contribution in [1.29, 1.82) is 0 Å². The van der Waals surface area contributed by atoms with Gasteiger partial charge in [-0.15, -0.1) is 10.2 Å². The normalized spacial score (nSPS) is 11.7. The number of benzene rings is 2. The van der Waals surface area contributed by atoms with Crippen LogP contribution in [0.15, 0.2) is 46.0 Å². The van der Waals surface area contributed by atoms with Gasteiger partial charge in [-0.3, -0.25) is 4.79 Å². The van der Waals surface area contributed by atoms with Gasteiger partial charge in [-0.1, -0.05) is 30.0 Å². The van der Waals surface area contributed by atoms with E-state index < -0.39 is 5.25 Å². The van der Waals surface area contributed by atoms with E-state index in [1.807, 2.05) is 52.0 Å². The molecule has 0 bridgehead atoms. The molecule has 2 aromatic carbocycles. The number of carbonyl (C=O) groups excluding carboxylic acids is 1. The van der Waals surface area contributed by atoms with Gasteiger partial charge < -0.3 is 23.9 Å². The van der Waals surface area contributed by atoms with Gasteiger partial charge in [0.25, 0.3) is 5.22 Å². The number of anilines is 1. The first kappa shape index (κ1) is 24.4. The third-order valence-electron chi connectivity index (χ3n) is 4.61. The van der Waals surface area contributed by atoms with Gasteiger partial charge in [0.05, 0.1) is 25.1 Å². The van der Waals surface area contributed by atoms with Gasteiger partial charge in [-0.25, -0.2) is 0 Å². The molecule has 3 aromatic rings. The predicted molar refractivity (Wildman–Crippen MR) is 128 cm³/mol. The van der Waals surface area contributed by atoms with Crippen LogP contribution in [0.2, 0.25) is 0 Å². The molecule has 176 valence electrons. The van der Waals surface area contributed by atoms with Crippen LogP contribution in [0.5, 0.6) is 17.2 Å². The van der Waals surface area contributed by atoms with E-state index in [0.29, 0.717) is 53.7 Å². The number of amides is 1. The summed E-state index contributed by atoms with van der Waals surface area (Å²) in [5.41, 5.74) is 2.41. The Balaban J connectivity index is 1.78. The number of hydrogen-bond acceptors (Lipinski definition) is 8. The molecule has 1 aromatic heterocycles. The Kier molecular flexibility index (Phi) is 8.59. The third-order valence-corrected chi connectivity index (χ3v) is 5.55. The van der Waals surface area contributed by atoms with E-state index in [1.165, 1.54) is 11.8 Å². The average molecular weight is 472 g/mol. The molecule has 1 N–H and O–H groups in total. The molecule has 0 aliphatic rings. The number of carbonyl (C=O) groups is 1. The lowest BCUT2D eigenvalue weighted by molar-refractivity contribution is -0.115. The van der Waals surface area contributed by atoms with Crippen molar-refractivity contribution in [3.8, 4) is 28.7 Å². The minimum Gasteiger partial charge on any atom is -0.490 e. The monoisotopic (exact) mass is 471 g/mol. The fourth-order valence-electron chi connectivity index (χ4n) is 3.04. The maximum Gasteiger partial charge on any atom is 0.277 e. The second-order valence-electron chi connectivity index (χ2n) is 7.04. The van der Waals surface area contributed by atoms with Crippen molar-refractivity contribution in [1.82, 2.24) is 10.2 Å². The predicted octanol–water partition coefficient (Wildman–Crippen LogP) is 5.36. The summed E-state index contributed by atoms with van der Waals surface area (Å²) in [6, 6.07) is 11.2. The quantitative estimate of drug-likeness (QED) is 0.373. The smallest absolute Gasteiger partial charge is 0.277 e. The Morgan fingerprint density at radius 2 is 1.67 bits per heavy atom. The molecule has 0 fully saturated rings. The maximum atomic E-state index is 12.6. The lowest BCUT2D eigenvalue weighted by Crippen LogP contribution is -2.22. The second kappa shape index (κ2) is 11.6. The number of rotatable bonds is 11. The average Bonchev–Trinajstić information content (AvgIpc) is 3.26. The zero-order valence-corrected chi connectivity index (χ0v) is 20.3. The largest absolute Gasteiger partial charge is 0.490 e.